The quantitative estimate of drug-likeness (QED) is 0.818. The van der Waals surface area contributed by atoms with E-state index in [1.807, 2.05) is 18.2 Å². The number of halogens is 1. The van der Waals surface area contributed by atoms with Gasteiger partial charge in [-0.2, -0.15) is 0 Å². The van der Waals surface area contributed by atoms with Crippen LogP contribution >= 0.6 is 0 Å². The Balaban J connectivity index is 1.93. The second-order valence-corrected chi connectivity index (χ2v) is 5.51. The van der Waals surface area contributed by atoms with E-state index in [2.05, 4.69) is 0 Å². The third-order valence-corrected chi connectivity index (χ3v) is 4.00. The first-order valence-corrected chi connectivity index (χ1v) is 7.47. The Morgan fingerprint density at radius 2 is 1.81 bits per heavy atom. The first-order valence-electron chi connectivity index (χ1n) is 7.47. The highest BCUT2D eigenvalue weighted by Gasteiger charge is 2.19. The lowest BCUT2D eigenvalue weighted by Crippen LogP contribution is -2.08. The number of hydrogen-bond acceptors (Lipinski definition) is 2. The topological polar surface area (TPSA) is 29.5 Å². The summed E-state index contributed by atoms with van der Waals surface area (Å²) < 4.78 is 20.1. The first-order chi connectivity index (χ1) is 10.2. The van der Waals surface area contributed by atoms with E-state index < -0.39 is 0 Å². The minimum Gasteiger partial charge on any atom is -0.508 e. The fourth-order valence-electron chi connectivity index (χ4n) is 2.84. The Kier molecular flexibility index (Phi) is 4.09. The van der Waals surface area contributed by atoms with Gasteiger partial charge in [-0.05, 0) is 55.5 Å². The van der Waals surface area contributed by atoms with Crippen LogP contribution in [0.5, 0.6) is 11.5 Å². The van der Waals surface area contributed by atoms with Crippen molar-refractivity contribution >= 4 is 0 Å². The lowest BCUT2D eigenvalue weighted by molar-refractivity contribution is 0.191. The molecule has 1 aliphatic heterocycles. The van der Waals surface area contributed by atoms with Gasteiger partial charge in [0, 0.05) is 5.56 Å². The van der Waals surface area contributed by atoms with Gasteiger partial charge in [0.1, 0.15) is 23.4 Å². The van der Waals surface area contributed by atoms with Gasteiger partial charge in [-0.25, -0.2) is 4.39 Å². The van der Waals surface area contributed by atoms with Gasteiger partial charge in [0.2, 0.25) is 0 Å². The van der Waals surface area contributed by atoms with Gasteiger partial charge in [0.25, 0.3) is 0 Å². The standard InChI is InChI=1S/C18H19FO2/c19-16-6-4-8-18-15(16)5-2-1-3-7-17(21-18)13-9-11-14(20)12-10-13/h4,6,8-12,17,20H,1-3,5,7H2. The van der Waals surface area contributed by atoms with E-state index in [9.17, 15) is 9.50 Å². The molecule has 3 rings (SSSR count). The van der Waals surface area contributed by atoms with Gasteiger partial charge in [-0.1, -0.05) is 24.6 Å². The average Bonchev–Trinajstić information content (AvgIpc) is 2.59. The third-order valence-electron chi connectivity index (χ3n) is 4.00. The minimum atomic E-state index is -0.182. The molecule has 3 heteroatoms. The van der Waals surface area contributed by atoms with Crippen LogP contribution in [-0.4, -0.2) is 5.11 Å². The SMILES string of the molecule is Oc1ccc(C2CCCCCc3c(F)cccc3O2)cc1. The normalized spacial score (nSPS) is 18.8. The maximum Gasteiger partial charge on any atom is 0.130 e. The summed E-state index contributed by atoms with van der Waals surface area (Å²) in [6.45, 7) is 0. The van der Waals surface area contributed by atoms with Crippen LogP contribution in [0.15, 0.2) is 42.5 Å². The molecule has 0 radical (unpaired) electrons. The van der Waals surface area contributed by atoms with Crippen molar-refractivity contribution < 1.29 is 14.2 Å². The summed E-state index contributed by atoms with van der Waals surface area (Å²) in [5, 5.41) is 9.40. The first kappa shape index (κ1) is 13.9. The zero-order valence-corrected chi connectivity index (χ0v) is 11.9. The van der Waals surface area contributed by atoms with Gasteiger partial charge >= 0.3 is 0 Å². The van der Waals surface area contributed by atoms with Crippen molar-refractivity contribution in [2.45, 2.75) is 38.2 Å². The molecule has 1 atom stereocenters. The number of rotatable bonds is 1. The van der Waals surface area contributed by atoms with E-state index >= 15 is 0 Å². The van der Waals surface area contributed by atoms with E-state index in [0.717, 1.165) is 37.7 Å². The van der Waals surface area contributed by atoms with Crippen molar-refractivity contribution in [3.05, 3.63) is 59.4 Å². The van der Waals surface area contributed by atoms with E-state index in [4.69, 9.17) is 4.74 Å². The lowest BCUT2D eigenvalue weighted by atomic mass is 10.0. The van der Waals surface area contributed by atoms with Crippen molar-refractivity contribution in [2.75, 3.05) is 0 Å². The zero-order chi connectivity index (χ0) is 14.7. The molecule has 2 nitrogen and oxygen atoms in total. The summed E-state index contributed by atoms with van der Waals surface area (Å²) in [6.07, 6.45) is 4.65. The maximum atomic E-state index is 14.0. The van der Waals surface area contributed by atoms with Crippen LogP contribution in [0.4, 0.5) is 4.39 Å². The molecule has 0 aliphatic carbocycles. The number of fused-ring (bicyclic) bond motifs is 1. The predicted octanol–water partition coefficient (Wildman–Crippen LogP) is 4.77. The number of aromatic hydroxyl groups is 1. The van der Waals surface area contributed by atoms with Crippen LogP contribution in [0.25, 0.3) is 0 Å². The molecule has 1 aliphatic rings. The lowest BCUT2D eigenvalue weighted by Gasteiger charge is -2.20. The monoisotopic (exact) mass is 286 g/mol. The Bertz CT molecular complexity index is 607. The van der Waals surface area contributed by atoms with Gasteiger partial charge in [0.05, 0.1) is 0 Å². The Hall–Kier alpha value is -2.03. The third kappa shape index (κ3) is 3.18. The molecule has 0 saturated heterocycles. The van der Waals surface area contributed by atoms with Crippen LogP contribution in [0, 0.1) is 5.82 Å². The van der Waals surface area contributed by atoms with Crippen molar-refractivity contribution in [3.63, 3.8) is 0 Å². The van der Waals surface area contributed by atoms with Crippen molar-refractivity contribution in [2.24, 2.45) is 0 Å². The van der Waals surface area contributed by atoms with E-state index in [1.54, 1.807) is 18.2 Å². The van der Waals surface area contributed by atoms with E-state index in [-0.39, 0.29) is 17.7 Å². The summed E-state index contributed by atoms with van der Waals surface area (Å²) in [5.41, 5.74) is 1.70. The predicted molar refractivity (Wildman–Crippen MR) is 80.0 cm³/mol. The van der Waals surface area contributed by atoms with Crippen LogP contribution < -0.4 is 4.74 Å². The van der Waals surface area contributed by atoms with E-state index in [1.165, 1.54) is 6.07 Å². The van der Waals surface area contributed by atoms with Gasteiger partial charge < -0.3 is 9.84 Å². The van der Waals surface area contributed by atoms with Crippen LogP contribution in [-0.2, 0) is 6.42 Å². The van der Waals surface area contributed by atoms with E-state index in [0.29, 0.717) is 11.3 Å². The molecule has 0 fully saturated rings. The summed E-state index contributed by atoms with van der Waals surface area (Å²) in [7, 11) is 0. The summed E-state index contributed by atoms with van der Waals surface area (Å²) >= 11 is 0. The van der Waals surface area contributed by atoms with Crippen LogP contribution in [0.1, 0.15) is 42.9 Å². The molecule has 0 bridgehead atoms. The number of hydrogen-bond donors (Lipinski definition) is 1. The smallest absolute Gasteiger partial charge is 0.130 e. The maximum absolute atomic E-state index is 14.0. The Morgan fingerprint density at radius 3 is 2.62 bits per heavy atom. The number of ether oxygens (including phenoxy) is 1. The number of phenolic OH excluding ortho intramolecular Hbond substituents is 1. The second kappa shape index (κ2) is 6.17. The highest BCUT2D eigenvalue weighted by molar-refractivity contribution is 5.36. The van der Waals surface area contributed by atoms with Crippen molar-refractivity contribution in [3.8, 4) is 11.5 Å². The fraction of sp³-hybridized carbons (Fsp3) is 0.333. The Labute approximate surface area is 124 Å². The Morgan fingerprint density at radius 1 is 1.00 bits per heavy atom. The molecule has 110 valence electrons. The molecular formula is C18H19FO2. The number of benzene rings is 2. The van der Waals surface area contributed by atoms with Crippen LogP contribution in [0.2, 0.25) is 0 Å². The second-order valence-electron chi connectivity index (χ2n) is 5.51. The molecule has 0 saturated carbocycles. The molecule has 1 heterocycles. The van der Waals surface area contributed by atoms with Gasteiger partial charge in [0.15, 0.2) is 0 Å². The molecule has 0 aromatic heterocycles. The molecule has 0 amide bonds. The zero-order valence-electron chi connectivity index (χ0n) is 11.9. The average molecular weight is 286 g/mol. The molecule has 0 spiro atoms. The summed E-state index contributed by atoms with van der Waals surface area (Å²) in [4.78, 5) is 0. The minimum absolute atomic E-state index is 0.0933. The molecule has 1 unspecified atom stereocenters. The highest BCUT2D eigenvalue weighted by Crippen LogP contribution is 2.33. The van der Waals surface area contributed by atoms with Crippen molar-refractivity contribution in [1.82, 2.24) is 0 Å². The van der Waals surface area contributed by atoms with Gasteiger partial charge in [-0.15, -0.1) is 0 Å². The van der Waals surface area contributed by atoms with Gasteiger partial charge in [-0.3, -0.25) is 0 Å². The molecule has 2 aromatic rings. The number of phenols is 1. The molecule has 1 N–H and O–H groups in total. The van der Waals surface area contributed by atoms with Crippen LogP contribution in [0.3, 0.4) is 0 Å². The molecule has 21 heavy (non-hydrogen) atoms. The highest BCUT2D eigenvalue weighted by atomic mass is 19.1. The van der Waals surface area contributed by atoms with Crippen molar-refractivity contribution in [1.29, 1.82) is 0 Å². The molecular weight excluding hydrogens is 267 g/mol. The largest absolute Gasteiger partial charge is 0.508 e. The fourth-order valence-corrected chi connectivity index (χ4v) is 2.84. The molecule has 2 aromatic carbocycles. The summed E-state index contributed by atoms with van der Waals surface area (Å²) in [6, 6.07) is 12.1. The summed E-state index contributed by atoms with van der Waals surface area (Å²) in [5.74, 6) is 0.710.